The first-order valence-corrected chi connectivity index (χ1v) is 3.33. The van der Waals surface area contributed by atoms with Gasteiger partial charge < -0.3 is 0 Å². The Hall–Kier alpha value is -1.78. The lowest BCUT2D eigenvalue weighted by Crippen LogP contribution is -1.85. The van der Waals surface area contributed by atoms with Gasteiger partial charge in [0.25, 0.3) is 0 Å². The van der Waals surface area contributed by atoms with Crippen LogP contribution in [0, 0.1) is 5.82 Å². The Bertz CT molecular complexity index is 371. The minimum absolute atomic E-state index is 0.397. The lowest BCUT2D eigenvalue weighted by molar-refractivity contribution is 0.624. The first kappa shape index (κ1) is 6.90. The predicted molar refractivity (Wildman–Crippen MR) is 39.6 cm³/mol. The number of pyridine rings is 1. The third-order valence-corrected chi connectivity index (χ3v) is 1.46. The molecule has 0 atom stereocenters. The number of rotatable bonds is 1. The molecule has 5 heteroatoms. The standard InChI is InChI=1S/C7H5FN4/c8-6-3-9-2-1-5(6)7-4-10-12-11-7/h1-4H,(H,10,11,12). The molecule has 0 amide bonds. The summed E-state index contributed by atoms with van der Waals surface area (Å²) in [5.74, 6) is -0.397. The molecule has 0 fully saturated rings. The summed E-state index contributed by atoms with van der Waals surface area (Å²) in [6.07, 6.45) is 4.11. The van der Waals surface area contributed by atoms with Crippen LogP contribution in [0.3, 0.4) is 0 Å². The smallest absolute Gasteiger partial charge is 0.150 e. The maximum absolute atomic E-state index is 13.0. The minimum atomic E-state index is -0.397. The largest absolute Gasteiger partial charge is 0.262 e. The number of hydrogen-bond acceptors (Lipinski definition) is 3. The van der Waals surface area contributed by atoms with Gasteiger partial charge in [-0.15, -0.1) is 0 Å². The number of aromatic nitrogens is 4. The molecule has 4 nitrogen and oxygen atoms in total. The van der Waals surface area contributed by atoms with E-state index in [1.807, 2.05) is 0 Å². The summed E-state index contributed by atoms with van der Waals surface area (Å²) in [4.78, 5) is 3.62. The molecule has 0 unspecified atom stereocenters. The van der Waals surface area contributed by atoms with E-state index >= 15 is 0 Å². The Morgan fingerprint density at radius 2 is 2.25 bits per heavy atom. The van der Waals surface area contributed by atoms with Crippen molar-refractivity contribution in [3.05, 3.63) is 30.5 Å². The Labute approximate surface area is 67.5 Å². The van der Waals surface area contributed by atoms with Crippen LogP contribution >= 0.6 is 0 Å². The van der Waals surface area contributed by atoms with Crippen molar-refractivity contribution in [1.82, 2.24) is 20.4 Å². The van der Waals surface area contributed by atoms with Gasteiger partial charge in [0.05, 0.1) is 12.4 Å². The lowest BCUT2D eigenvalue weighted by atomic mass is 10.2. The van der Waals surface area contributed by atoms with Crippen molar-refractivity contribution < 1.29 is 4.39 Å². The number of H-pyrrole nitrogens is 1. The number of nitrogens with zero attached hydrogens (tertiary/aromatic N) is 3. The highest BCUT2D eigenvalue weighted by atomic mass is 19.1. The van der Waals surface area contributed by atoms with Crippen molar-refractivity contribution >= 4 is 0 Å². The van der Waals surface area contributed by atoms with Crippen LogP contribution in [0.15, 0.2) is 24.7 Å². The molecule has 1 N–H and O–H groups in total. The normalized spacial score (nSPS) is 10.1. The van der Waals surface area contributed by atoms with Crippen molar-refractivity contribution in [1.29, 1.82) is 0 Å². The Kier molecular flexibility index (Phi) is 1.55. The van der Waals surface area contributed by atoms with Crippen LogP contribution in [-0.2, 0) is 0 Å². The zero-order valence-corrected chi connectivity index (χ0v) is 6.03. The van der Waals surface area contributed by atoms with Crippen LogP contribution in [0.5, 0.6) is 0 Å². The second-order valence-electron chi connectivity index (χ2n) is 2.21. The maximum Gasteiger partial charge on any atom is 0.150 e. The van der Waals surface area contributed by atoms with Crippen molar-refractivity contribution in [2.24, 2.45) is 0 Å². The van der Waals surface area contributed by atoms with Gasteiger partial charge in [-0.3, -0.25) is 4.98 Å². The Balaban J connectivity index is 2.55. The van der Waals surface area contributed by atoms with Gasteiger partial charge >= 0.3 is 0 Å². The van der Waals surface area contributed by atoms with Crippen LogP contribution in [0.1, 0.15) is 0 Å². The van der Waals surface area contributed by atoms with Crippen molar-refractivity contribution in [2.45, 2.75) is 0 Å². The molecular weight excluding hydrogens is 159 g/mol. The van der Waals surface area contributed by atoms with E-state index in [9.17, 15) is 4.39 Å². The van der Waals surface area contributed by atoms with Gasteiger partial charge in [-0.2, -0.15) is 15.4 Å². The van der Waals surface area contributed by atoms with E-state index in [-0.39, 0.29) is 0 Å². The maximum atomic E-state index is 13.0. The Morgan fingerprint density at radius 3 is 2.92 bits per heavy atom. The highest BCUT2D eigenvalue weighted by molar-refractivity contribution is 5.57. The second-order valence-corrected chi connectivity index (χ2v) is 2.21. The molecular formula is C7H5FN4. The number of hydrogen-bond donors (Lipinski definition) is 1. The number of halogens is 1. The number of aromatic amines is 1. The molecule has 2 heterocycles. The highest BCUT2D eigenvalue weighted by Crippen LogP contribution is 2.17. The molecule has 0 saturated carbocycles. The minimum Gasteiger partial charge on any atom is -0.262 e. The summed E-state index contributed by atoms with van der Waals surface area (Å²) in [6, 6.07) is 1.55. The molecule has 0 bridgehead atoms. The summed E-state index contributed by atoms with van der Waals surface area (Å²) >= 11 is 0. The van der Waals surface area contributed by atoms with E-state index in [4.69, 9.17) is 0 Å². The van der Waals surface area contributed by atoms with E-state index < -0.39 is 5.82 Å². The molecule has 0 spiro atoms. The fourth-order valence-corrected chi connectivity index (χ4v) is 0.914. The molecule has 2 aromatic heterocycles. The van der Waals surface area contributed by atoms with Crippen LogP contribution in [-0.4, -0.2) is 20.4 Å². The van der Waals surface area contributed by atoms with Gasteiger partial charge in [0, 0.05) is 11.8 Å². The summed E-state index contributed by atoms with van der Waals surface area (Å²) < 4.78 is 13.0. The van der Waals surface area contributed by atoms with E-state index in [1.165, 1.54) is 12.4 Å². The molecule has 12 heavy (non-hydrogen) atoms. The monoisotopic (exact) mass is 164 g/mol. The topological polar surface area (TPSA) is 54.5 Å². The van der Waals surface area contributed by atoms with Gasteiger partial charge in [0.1, 0.15) is 5.69 Å². The fraction of sp³-hybridized carbons (Fsp3) is 0. The van der Waals surface area contributed by atoms with Gasteiger partial charge in [-0.1, -0.05) is 0 Å². The second kappa shape index (κ2) is 2.69. The van der Waals surface area contributed by atoms with Gasteiger partial charge in [-0.05, 0) is 6.07 Å². The fourth-order valence-electron chi connectivity index (χ4n) is 0.914. The van der Waals surface area contributed by atoms with Crippen LogP contribution in [0.4, 0.5) is 4.39 Å². The molecule has 0 radical (unpaired) electrons. The van der Waals surface area contributed by atoms with E-state index in [1.54, 1.807) is 6.07 Å². The van der Waals surface area contributed by atoms with Crippen molar-refractivity contribution in [2.75, 3.05) is 0 Å². The van der Waals surface area contributed by atoms with Gasteiger partial charge in [0.2, 0.25) is 0 Å². The molecule has 2 aromatic rings. The molecule has 60 valence electrons. The van der Waals surface area contributed by atoms with Gasteiger partial charge in [-0.25, -0.2) is 4.39 Å². The SMILES string of the molecule is Fc1cnccc1-c1cn[nH]n1. The highest BCUT2D eigenvalue weighted by Gasteiger charge is 2.05. The predicted octanol–water partition coefficient (Wildman–Crippen LogP) is 1.01. The zero-order valence-electron chi connectivity index (χ0n) is 6.03. The van der Waals surface area contributed by atoms with Crippen molar-refractivity contribution in [3.8, 4) is 11.3 Å². The quantitative estimate of drug-likeness (QED) is 0.684. The first-order chi connectivity index (χ1) is 5.88. The summed E-state index contributed by atoms with van der Waals surface area (Å²) in [5, 5.41) is 9.73. The molecule has 0 aliphatic heterocycles. The van der Waals surface area contributed by atoms with E-state index in [0.717, 1.165) is 6.20 Å². The van der Waals surface area contributed by atoms with Crippen LogP contribution in [0.25, 0.3) is 11.3 Å². The zero-order chi connectivity index (χ0) is 8.39. The van der Waals surface area contributed by atoms with E-state index in [2.05, 4.69) is 20.4 Å². The van der Waals surface area contributed by atoms with Crippen LogP contribution < -0.4 is 0 Å². The summed E-state index contributed by atoms with van der Waals surface area (Å²) in [5.41, 5.74) is 0.883. The third-order valence-electron chi connectivity index (χ3n) is 1.46. The number of nitrogens with one attached hydrogen (secondary N) is 1. The summed E-state index contributed by atoms with van der Waals surface area (Å²) in [6.45, 7) is 0. The summed E-state index contributed by atoms with van der Waals surface area (Å²) in [7, 11) is 0. The molecule has 0 saturated heterocycles. The van der Waals surface area contributed by atoms with Gasteiger partial charge in [0.15, 0.2) is 5.82 Å². The average Bonchev–Trinajstić information content (AvgIpc) is 2.57. The lowest BCUT2D eigenvalue weighted by Gasteiger charge is -1.94. The van der Waals surface area contributed by atoms with Crippen molar-refractivity contribution in [3.63, 3.8) is 0 Å². The molecule has 0 aromatic carbocycles. The first-order valence-electron chi connectivity index (χ1n) is 3.33. The third kappa shape index (κ3) is 1.05. The Morgan fingerprint density at radius 1 is 1.33 bits per heavy atom. The molecule has 2 rings (SSSR count). The van der Waals surface area contributed by atoms with Crippen LogP contribution in [0.2, 0.25) is 0 Å². The molecule has 0 aliphatic rings. The molecule has 0 aliphatic carbocycles. The average molecular weight is 164 g/mol. The van der Waals surface area contributed by atoms with E-state index in [0.29, 0.717) is 11.3 Å².